The number of aryl methyl sites for hydroxylation is 1. The maximum Gasteiger partial charge on any atom is 0.228 e. The van der Waals surface area contributed by atoms with Crippen molar-refractivity contribution in [2.45, 2.75) is 25.8 Å². The third kappa shape index (κ3) is 1.93. The van der Waals surface area contributed by atoms with Gasteiger partial charge >= 0.3 is 0 Å². The molecule has 1 unspecified atom stereocenters. The number of rotatable bonds is 2. The van der Waals surface area contributed by atoms with Gasteiger partial charge in [-0.05, 0) is 30.9 Å². The number of nitrogens with zero attached hydrogens (tertiary/aromatic N) is 1. The summed E-state index contributed by atoms with van der Waals surface area (Å²) in [6.07, 6.45) is 2.24. The minimum Gasteiger partial charge on any atom is -0.335 e. The Bertz CT molecular complexity index is 454. The Labute approximate surface area is 108 Å². The fourth-order valence-corrected chi connectivity index (χ4v) is 3.01. The molecular formula is C15H20N2O. The molecule has 0 bridgehead atoms. The Balaban J connectivity index is 1.82. The lowest BCUT2D eigenvalue weighted by Crippen LogP contribution is -2.51. The van der Waals surface area contributed by atoms with E-state index >= 15 is 0 Å². The second kappa shape index (κ2) is 4.73. The van der Waals surface area contributed by atoms with Crippen molar-refractivity contribution in [2.75, 3.05) is 19.6 Å². The van der Waals surface area contributed by atoms with Crippen molar-refractivity contribution in [3.05, 3.63) is 35.4 Å². The molecule has 2 aliphatic rings. The minimum absolute atomic E-state index is 0.217. The van der Waals surface area contributed by atoms with Gasteiger partial charge in [-0.15, -0.1) is 0 Å². The van der Waals surface area contributed by atoms with Crippen LogP contribution in [0.15, 0.2) is 24.3 Å². The summed E-state index contributed by atoms with van der Waals surface area (Å²) >= 11 is 0. The Morgan fingerprint density at radius 3 is 2.78 bits per heavy atom. The van der Waals surface area contributed by atoms with Crippen LogP contribution in [0.1, 0.15) is 30.0 Å². The van der Waals surface area contributed by atoms with Crippen molar-refractivity contribution < 1.29 is 4.79 Å². The van der Waals surface area contributed by atoms with Crippen molar-refractivity contribution in [3.63, 3.8) is 0 Å². The Morgan fingerprint density at radius 1 is 1.33 bits per heavy atom. The Kier molecular flexibility index (Phi) is 3.08. The predicted molar refractivity (Wildman–Crippen MR) is 71.2 cm³/mol. The molecule has 0 saturated carbocycles. The van der Waals surface area contributed by atoms with Gasteiger partial charge in [0.05, 0.1) is 12.0 Å². The topological polar surface area (TPSA) is 32.3 Å². The van der Waals surface area contributed by atoms with E-state index in [-0.39, 0.29) is 5.92 Å². The highest BCUT2D eigenvalue weighted by molar-refractivity contribution is 5.81. The Hall–Kier alpha value is -1.35. The van der Waals surface area contributed by atoms with Crippen LogP contribution in [0, 0.1) is 12.8 Å². The highest BCUT2D eigenvalue weighted by Crippen LogP contribution is 2.34. The number of benzene rings is 1. The zero-order valence-electron chi connectivity index (χ0n) is 10.9. The summed E-state index contributed by atoms with van der Waals surface area (Å²) in [4.78, 5) is 14.5. The van der Waals surface area contributed by atoms with E-state index in [2.05, 4.69) is 41.4 Å². The van der Waals surface area contributed by atoms with Crippen molar-refractivity contribution in [1.82, 2.24) is 10.2 Å². The van der Waals surface area contributed by atoms with E-state index in [4.69, 9.17) is 0 Å². The van der Waals surface area contributed by atoms with Crippen LogP contribution in [0.3, 0.4) is 0 Å². The van der Waals surface area contributed by atoms with Crippen LogP contribution >= 0.6 is 0 Å². The Morgan fingerprint density at radius 2 is 2.11 bits per heavy atom. The normalized spacial score (nSPS) is 24.1. The highest BCUT2D eigenvalue weighted by Gasteiger charge is 2.36. The summed E-state index contributed by atoms with van der Waals surface area (Å²) in [5.41, 5.74) is 2.63. The lowest BCUT2D eigenvalue weighted by molar-refractivity contribution is -0.138. The average Bonchev–Trinajstić information content (AvgIpc) is 2.76. The second-order valence-corrected chi connectivity index (χ2v) is 5.40. The quantitative estimate of drug-likeness (QED) is 0.861. The zero-order chi connectivity index (χ0) is 12.5. The van der Waals surface area contributed by atoms with Gasteiger partial charge in [0.15, 0.2) is 0 Å². The maximum absolute atomic E-state index is 12.4. The average molecular weight is 244 g/mol. The molecule has 2 fully saturated rings. The number of nitrogens with one attached hydrogen (secondary N) is 1. The zero-order valence-corrected chi connectivity index (χ0v) is 10.9. The fourth-order valence-electron chi connectivity index (χ4n) is 3.01. The van der Waals surface area contributed by atoms with Gasteiger partial charge in [-0.3, -0.25) is 4.79 Å². The molecule has 0 aliphatic carbocycles. The molecule has 3 nitrogen and oxygen atoms in total. The number of hydrogen-bond acceptors (Lipinski definition) is 2. The molecule has 2 aliphatic heterocycles. The van der Waals surface area contributed by atoms with E-state index in [1.54, 1.807) is 0 Å². The van der Waals surface area contributed by atoms with Crippen LogP contribution in [0.5, 0.6) is 0 Å². The van der Waals surface area contributed by atoms with Gasteiger partial charge < -0.3 is 10.2 Å². The number of amides is 1. The van der Waals surface area contributed by atoms with E-state index in [0.717, 1.165) is 32.5 Å². The third-order valence-corrected chi connectivity index (χ3v) is 4.21. The summed E-state index contributed by atoms with van der Waals surface area (Å²) < 4.78 is 0. The van der Waals surface area contributed by atoms with Crippen molar-refractivity contribution >= 4 is 5.91 Å². The van der Waals surface area contributed by atoms with Crippen LogP contribution in [-0.2, 0) is 4.79 Å². The number of hydrogen-bond donors (Lipinski definition) is 1. The first-order valence-corrected chi connectivity index (χ1v) is 6.84. The molecule has 96 valence electrons. The molecule has 2 heterocycles. The van der Waals surface area contributed by atoms with E-state index in [1.165, 1.54) is 11.1 Å². The molecule has 0 aromatic heterocycles. The highest BCUT2D eigenvalue weighted by atomic mass is 16.2. The minimum atomic E-state index is 0.217. The van der Waals surface area contributed by atoms with Crippen LogP contribution in [0.25, 0.3) is 0 Å². The molecule has 1 N–H and O–H groups in total. The van der Waals surface area contributed by atoms with Gasteiger partial charge in [0.25, 0.3) is 0 Å². The van der Waals surface area contributed by atoms with E-state index < -0.39 is 0 Å². The molecule has 0 spiro atoms. The molecule has 18 heavy (non-hydrogen) atoms. The summed E-state index contributed by atoms with van der Waals surface area (Å²) in [5, 5.41) is 3.18. The van der Waals surface area contributed by atoms with E-state index in [0.29, 0.717) is 11.9 Å². The first kappa shape index (κ1) is 11.7. The second-order valence-electron chi connectivity index (χ2n) is 5.40. The van der Waals surface area contributed by atoms with Gasteiger partial charge in [0.1, 0.15) is 0 Å². The third-order valence-electron chi connectivity index (χ3n) is 4.21. The van der Waals surface area contributed by atoms with Gasteiger partial charge in [-0.2, -0.15) is 0 Å². The molecule has 2 saturated heterocycles. The molecule has 1 aromatic rings. The standard InChI is InChI=1S/C15H20N2O/c1-11-5-2-3-6-13(11)14-7-4-8-17(14)15(18)12-9-16-10-12/h2-3,5-6,12,14,16H,4,7-10H2,1H3. The monoisotopic (exact) mass is 244 g/mol. The molecule has 1 amide bonds. The molecule has 3 heteroatoms. The summed E-state index contributed by atoms with van der Waals surface area (Å²) in [6.45, 7) is 4.78. The van der Waals surface area contributed by atoms with Crippen LogP contribution in [0.4, 0.5) is 0 Å². The number of carbonyl (C=O) groups is 1. The summed E-state index contributed by atoms with van der Waals surface area (Å²) in [6, 6.07) is 8.76. The smallest absolute Gasteiger partial charge is 0.228 e. The van der Waals surface area contributed by atoms with E-state index in [1.807, 2.05) is 0 Å². The summed E-state index contributed by atoms with van der Waals surface area (Å²) in [7, 11) is 0. The molecular weight excluding hydrogens is 224 g/mol. The summed E-state index contributed by atoms with van der Waals surface area (Å²) in [5.74, 6) is 0.564. The lowest BCUT2D eigenvalue weighted by atomic mass is 9.97. The van der Waals surface area contributed by atoms with Crippen molar-refractivity contribution in [2.24, 2.45) is 5.92 Å². The number of carbonyl (C=O) groups excluding carboxylic acids is 1. The first-order chi connectivity index (χ1) is 8.77. The fraction of sp³-hybridized carbons (Fsp3) is 0.533. The van der Waals surface area contributed by atoms with Crippen LogP contribution in [0.2, 0.25) is 0 Å². The SMILES string of the molecule is Cc1ccccc1C1CCCN1C(=O)C1CNC1. The van der Waals surface area contributed by atoms with Crippen LogP contribution in [-0.4, -0.2) is 30.4 Å². The molecule has 0 radical (unpaired) electrons. The number of likely N-dealkylation sites (tertiary alicyclic amines) is 1. The van der Waals surface area contributed by atoms with Gasteiger partial charge in [0.2, 0.25) is 5.91 Å². The van der Waals surface area contributed by atoms with Gasteiger partial charge in [0, 0.05) is 19.6 Å². The van der Waals surface area contributed by atoms with Crippen molar-refractivity contribution in [3.8, 4) is 0 Å². The maximum atomic E-state index is 12.4. The molecule has 3 rings (SSSR count). The van der Waals surface area contributed by atoms with Gasteiger partial charge in [-0.25, -0.2) is 0 Å². The van der Waals surface area contributed by atoms with Crippen LogP contribution < -0.4 is 5.32 Å². The largest absolute Gasteiger partial charge is 0.335 e. The molecule has 1 atom stereocenters. The van der Waals surface area contributed by atoms with Crippen molar-refractivity contribution in [1.29, 1.82) is 0 Å². The first-order valence-electron chi connectivity index (χ1n) is 6.84. The molecule has 1 aromatic carbocycles. The van der Waals surface area contributed by atoms with Gasteiger partial charge in [-0.1, -0.05) is 24.3 Å². The predicted octanol–water partition coefficient (Wildman–Crippen LogP) is 1.88. The van der Waals surface area contributed by atoms with E-state index in [9.17, 15) is 4.79 Å². The lowest BCUT2D eigenvalue weighted by Gasteiger charge is -2.34.